The Kier molecular flexibility index (Phi) is 2.50. The Bertz CT molecular complexity index is 278. The molecule has 1 amide bonds. The molecule has 0 saturated heterocycles. The number of rotatable bonds is 2. The van der Waals surface area contributed by atoms with Gasteiger partial charge < -0.3 is 4.57 Å². The minimum absolute atomic E-state index is 0.256. The number of hydrogen-bond acceptors (Lipinski definition) is 2. The third-order valence-corrected chi connectivity index (χ3v) is 1.70. The number of carbonyl (C=O) groups is 1. The molecule has 3 N–H and O–H groups in total. The number of hydrogen-bond donors (Lipinski definition) is 2. The van der Waals surface area contributed by atoms with Crippen LogP contribution in [0.1, 0.15) is 30.4 Å². The summed E-state index contributed by atoms with van der Waals surface area (Å²) in [5.74, 6) is 4.76. The molecule has 0 aliphatic carbocycles. The van der Waals surface area contributed by atoms with Crippen molar-refractivity contribution in [1.29, 1.82) is 0 Å². The second kappa shape index (κ2) is 3.40. The molecule has 0 saturated carbocycles. The molecule has 12 heavy (non-hydrogen) atoms. The molecule has 0 fully saturated rings. The lowest BCUT2D eigenvalue weighted by atomic mass is 10.3. The van der Waals surface area contributed by atoms with Gasteiger partial charge in [0.2, 0.25) is 0 Å². The third-order valence-electron chi connectivity index (χ3n) is 1.70. The van der Waals surface area contributed by atoms with Gasteiger partial charge in [-0.1, -0.05) is 0 Å². The SMILES string of the molecule is CC(C)n1cccc1C(=O)NN. The van der Waals surface area contributed by atoms with E-state index < -0.39 is 0 Å². The van der Waals surface area contributed by atoms with Crippen LogP contribution < -0.4 is 11.3 Å². The van der Waals surface area contributed by atoms with E-state index in [9.17, 15) is 4.79 Å². The minimum atomic E-state index is -0.256. The highest BCUT2D eigenvalue weighted by Crippen LogP contribution is 2.09. The number of nitrogens with two attached hydrogens (primary N) is 1. The lowest BCUT2D eigenvalue weighted by Crippen LogP contribution is -2.31. The van der Waals surface area contributed by atoms with Gasteiger partial charge in [-0.25, -0.2) is 5.84 Å². The van der Waals surface area contributed by atoms with Crippen LogP contribution in [0.3, 0.4) is 0 Å². The summed E-state index contributed by atoms with van der Waals surface area (Å²) in [6.45, 7) is 4.01. The summed E-state index contributed by atoms with van der Waals surface area (Å²) in [7, 11) is 0. The van der Waals surface area contributed by atoms with E-state index in [0.29, 0.717) is 5.69 Å². The molecule has 66 valence electrons. The second-order valence-corrected chi connectivity index (χ2v) is 2.87. The Morgan fingerprint density at radius 2 is 2.33 bits per heavy atom. The standard InChI is InChI=1S/C8H13N3O/c1-6(2)11-5-3-4-7(11)8(12)10-9/h3-6H,9H2,1-2H3,(H,10,12). The second-order valence-electron chi connectivity index (χ2n) is 2.87. The molecule has 4 nitrogen and oxygen atoms in total. The quantitative estimate of drug-likeness (QED) is 0.386. The molecule has 0 bridgehead atoms. The molecule has 4 heteroatoms. The average Bonchev–Trinajstić information content (AvgIpc) is 2.50. The number of nitrogens with one attached hydrogen (secondary N) is 1. The topological polar surface area (TPSA) is 60.0 Å². The summed E-state index contributed by atoms with van der Waals surface area (Å²) >= 11 is 0. The fourth-order valence-corrected chi connectivity index (χ4v) is 1.11. The van der Waals surface area contributed by atoms with Crippen LogP contribution in [0, 0.1) is 0 Å². The number of nitrogens with zero attached hydrogens (tertiary/aromatic N) is 1. The van der Waals surface area contributed by atoms with E-state index in [4.69, 9.17) is 5.84 Å². The maximum atomic E-state index is 11.1. The summed E-state index contributed by atoms with van der Waals surface area (Å²) in [5, 5.41) is 0. The van der Waals surface area contributed by atoms with Crippen LogP contribution in [0.2, 0.25) is 0 Å². The van der Waals surface area contributed by atoms with Gasteiger partial charge in [-0.15, -0.1) is 0 Å². The normalized spacial score (nSPS) is 10.3. The molecule has 1 rings (SSSR count). The Labute approximate surface area is 71.3 Å². The molecule has 1 aromatic rings. The smallest absolute Gasteiger partial charge is 0.281 e. The van der Waals surface area contributed by atoms with Gasteiger partial charge in [-0.2, -0.15) is 0 Å². The first kappa shape index (κ1) is 8.80. The number of hydrazine groups is 1. The highest BCUT2D eigenvalue weighted by Gasteiger charge is 2.10. The van der Waals surface area contributed by atoms with Crippen molar-refractivity contribution in [2.24, 2.45) is 5.84 Å². The fraction of sp³-hybridized carbons (Fsp3) is 0.375. The predicted molar refractivity (Wildman–Crippen MR) is 46.5 cm³/mol. The average molecular weight is 167 g/mol. The first-order valence-electron chi connectivity index (χ1n) is 3.84. The van der Waals surface area contributed by atoms with E-state index in [-0.39, 0.29) is 11.9 Å². The lowest BCUT2D eigenvalue weighted by molar-refractivity contribution is 0.0943. The fourth-order valence-electron chi connectivity index (χ4n) is 1.11. The maximum Gasteiger partial charge on any atom is 0.281 e. The van der Waals surface area contributed by atoms with Gasteiger partial charge in [-0.05, 0) is 26.0 Å². The molecule has 0 atom stereocenters. The van der Waals surface area contributed by atoms with Crippen molar-refractivity contribution < 1.29 is 4.79 Å². The molecule has 1 aromatic heterocycles. The van der Waals surface area contributed by atoms with Crippen molar-refractivity contribution >= 4 is 5.91 Å². The number of aromatic nitrogens is 1. The Hall–Kier alpha value is -1.29. The summed E-state index contributed by atoms with van der Waals surface area (Å²) in [4.78, 5) is 11.1. The van der Waals surface area contributed by atoms with Crippen molar-refractivity contribution in [2.75, 3.05) is 0 Å². The summed E-state index contributed by atoms with van der Waals surface area (Å²) in [6, 6.07) is 3.83. The monoisotopic (exact) mass is 167 g/mol. The highest BCUT2D eigenvalue weighted by atomic mass is 16.2. The van der Waals surface area contributed by atoms with Crippen molar-refractivity contribution in [3.63, 3.8) is 0 Å². The first-order chi connectivity index (χ1) is 5.66. The first-order valence-corrected chi connectivity index (χ1v) is 3.84. The molecular formula is C8H13N3O. The van der Waals surface area contributed by atoms with Crippen LogP contribution in [-0.4, -0.2) is 10.5 Å². The van der Waals surface area contributed by atoms with Gasteiger partial charge in [0, 0.05) is 12.2 Å². The van der Waals surface area contributed by atoms with Gasteiger partial charge in [-0.3, -0.25) is 10.2 Å². The van der Waals surface area contributed by atoms with Crippen LogP contribution in [0.5, 0.6) is 0 Å². The zero-order chi connectivity index (χ0) is 9.14. The molecule has 0 aliphatic heterocycles. The van der Waals surface area contributed by atoms with E-state index in [0.717, 1.165) is 0 Å². The lowest BCUT2D eigenvalue weighted by Gasteiger charge is -2.10. The number of carbonyl (C=O) groups excluding carboxylic acids is 1. The molecule has 0 aliphatic rings. The molecular weight excluding hydrogens is 154 g/mol. The van der Waals surface area contributed by atoms with E-state index >= 15 is 0 Å². The highest BCUT2D eigenvalue weighted by molar-refractivity contribution is 5.92. The number of nitrogen functional groups attached to an aromatic ring is 1. The zero-order valence-electron chi connectivity index (χ0n) is 7.24. The zero-order valence-corrected chi connectivity index (χ0v) is 7.24. The van der Waals surface area contributed by atoms with Gasteiger partial charge in [0.05, 0.1) is 0 Å². The van der Waals surface area contributed by atoms with Crippen molar-refractivity contribution in [3.8, 4) is 0 Å². The molecule has 0 unspecified atom stereocenters. The minimum Gasteiger partial charge on any atom is -0.341 e. The van der Waals surface area contributed by atoms with E-state index in [2.05, 4.69) is 5.43 Å². The van der Waals surface area contributed by atoms with Crippen LogP contribution in [0.4, 0.5) is 0 Å². The van der Waals surface area contributed by atoms with Gasteiger partial charge >= 0.3 is 0 Å². The van der Waals surface area contributed by atoms with E-state index in [1.807, 2.05) is 30.7 Å². The molecule has 0 aromatic carbocycles. The van der Waals surface area contributed by atoms with Gasteiger partial charge in [0.1, 0.15) is 5.69 Å². The van der Waals surface area contributed by atoms with E-state index in [1.54, 1.807) is 6.07 Å². The number of amides is 1. The Morgan fingerprint density at radius 3 is 2.83 bits per heavy atom. The third kappa shape index (κ3) is 1.48. The van der Waals surface area contributed by atoms with Gasteiger partial charge in [0.15, 0.2) is 0 Å². The van der Waals surface area contributed by atoms with Crippen molar-refractivity contribution in [2.45, 2.75) is 19.9 Å². The van der Waals surface area contributed by atoms with Crippen LogP contribution in [-0.2, 0) is 0 Å². The van der Waals surface area contributed by atoms with Gasteiger partial charge in [0.25, 0.3) is 5.91 Å². The van der Waals surface area contributed by atoms with Crippen LogP contribution in [0.25, 0.3) is 0 Å². The molecule has 0 radical (unpaired) electrons. The molecule has 0 spiro atoms. The van der Waals surface area contributed by atoms with Crippen LogP contribution in [0.15, 0.2) is 18.3 Å². The predicted octanol–water partition coefficient (Wildman–Crippen LogP) is 0.673. The molecule has 1 heterocycles. The summed E-state index contributed by atoms with van der Waals surface area (Å²) < 4.78 is 1.86. The maximum absolute atomic E-state index is 11.1. The van der Waals surface area contributed by atoms with Crippen LogP contribution >= 0.6 is 0 Å². The Morgan fingerprint density at radius 1 is 1.67 bits per heavy atom. The van der Waals surface area contributed by atoms with Crippen molar-refractivity contribution in [1.82, 2.24) is 9.99 Å². The Balaban J connectivity index is 2.99. The van der Waals surface area contributed by atoms with Crippen molar-refractivity contribution in [3.05, 3.63) is 24.0 Å². The summed E-state index contributed by atoms with van der Waals surface area (Å²) in [6.07, 6.45) is 1.86. The van der Waals surface area contributed by atoms with E-state index in [1.165, 1.54) is 0 Å². The largest absolute Gasteiger partial charge is 0.341 e. The summed E-state index contributed by atoms with van der Waals surface area (Å²) in [5.41, 5.74) is 2.69.